The van der Waals surface area contributed by atoms with Crippen LogP contribution in [0.5, 0.6) is 0 Å². The zero-order valence-corrected chi connectivity index (χ0v) is 14.0. The standard InChI is InChI=1S/C15H15N3O3S2/c1-2-13-7-8-15(22-13)23(20,21)17-10-14(19)18-12-5-3-11(9-16)4-6-12/h3-8,17H,2,10H2,1H3,(H,18,19). The molecule has 0 bridgehead atoms. The number of anilines is 1. The summed E-state index contributed by atoms with van der Waals surface area (Å²) < 4.78 is 26.6. The SMILES string of the molecule is CCc1ccc(S(=O)(=O)NCC(=O)Nc2ccc(C#N)cc2)s1. The predicted octanol–water partition coefficient (Wildman–Crippen LogP) is 2.10. The maximum atomic E-state index is 12.1. The van der Waals surface area contributed by atoms with Crippen molar-refractivity contribution in [2.45, 2.75) is 17.6 Å². The van der Waals surface area contributed by atoms with Crippen molar-refractivity contribution >= 4 is 33.0 Å². The van der Waals surface area contributed by atoms with Gasteiger partial charge in [-0.15, -0.1) is 11.3 Å². The molecule has 2 N–H and O–H groups in total. The Labute approximate surface area is 138 Å². The molecule has 0 aliphatic carbocycles. The van der Waals surface area contributed by atoms with Crippen LogP contribution in [0.15, 0.2) is 40.6 Å². The van der Waals surface area contributed by atoms with E-state index in [2.05, 4.69) is 10.0 Å². The summed E-state index contributed by atoms with van der Waals surface area (Å²) in [5, 5.41) is 11.3. The van der Waals surface area contributed by atoms with E-state index in [0.29, 0.717) is 11.3 Å². The Morgan fingerprint density at radius 1 is 1.22 bits per heavy atom. The highest BCUT2D eigenvalue weighted by atomic mass is 32.2. The number of benzene rings is 1. The molecule has 8 heteroatoms. The van der Waals surface area contributed by atoms with Crippen molar-refractivity contribution in [2.75, 3.05) is 11.9 Å². The first-order valence-corrected chi connectivity index (χ1v) is 9.13. The Morgan fingerprint density at radius 2 is 1.91 bits per heavy atom. The number of sulfonamides is 1. The Morgan fingerprint density at radius 3 is 2.48 bits per heavy atom. The molecule has 0 aliphatic heterocycles. The van der Waals surface area contributed by atoms with E-state index in [0.717, 1.165) is 11.3 Å². The zero-order chi connectivity index (χ0) is 16.9. The van der Waals surface area contributed by atoms with Gasteiger partial charge in [-0.05, 0) is 42.8 Å². The summed E-state index contributed by atoms with van der Waals surface area (Å²) in [4.78, 5) is 12.8. The van der Waals surface area contributed by atoms with Gasteiger partial charge in [-0.2, -0.15) is 5.26 Å². The molecule has 0 spiro atoms. The van der Waals surface area contributed by atoms with Crippen molar-refractivity contribution in [2.24, 2.45) is 0 Å². The Balaban J connectivity index is 1.93. The van der Waals surface area contributed by atoms with Crippen LogP contribution in [0, 0.1) is 11.3 Å². The number of hydrogen-bond donors (Lipinski definition) is 2. The highest BCUT2D eigenvalue weighted by molar-refractivity contribution is 7.91. The smallest absolute Gasteiger partial charge is 0.250 e. The van der Waals surface area contributed by atoms with Crippen LogP contribution in [-0.4, -0.2) is 20.9 Å². The topological polar surface area (TPSA) is 99.1 Å². The average molecular weight is 349 g/mol. The molecule has 0 unspecified atom stereocenters. The van der Waals surface area contributed by atoms with Crippen molar-refractivity contribution in [1.82, 2.24) is 4.72 Å². The minimum absolute atomic E-state index is 0.195. The Hall–Kier alpha value is -2.21. The maximum absolute atomic E-state index is 12.1. The van der Waals surface area contributed by atoms with E-state index in [1.54, 1.807) is 30.3 Å². The van der Waals surface area contributed by atoms with Gasteiger partial charge in [0.25, 0.3) is 10.0 Å². The number of carbonyl (C=O) groups is 1. The highest BCUT2D eigenvalue weighted by Crippen LogP contribution is 2.21. The second-order valence-electron chi connectivity index (χ2n) is 4.64. The van der Waals surface area contributed by atoms with Crippen molar-refractivity contribution in [1.29, 1.82) is 5.26 Å². The molecule has 120 valence electrons. The van der Waals surface area contributed by atoms with Gasteiger partial charge in [-0.3, -0.25) is 4.79 Å². The third kappa shape index (κ3) is 4.63. The van der Waals surface area contributed by atoms with Crippen LogP contribution in [0.2, 0.25) is 0 Å². The molecule has 23 heavy (non-hydrogen) atoms. The van der Waals surface area contributed by atoms with Crippen molar-refractivity contribution in [3.8, 4) is 6.07 Å². The molecule has 6 nitrogen and oxygen atoms in total. The van der Waals surface area contributed by atoms with E-state index < -0.39 is 15.9 Å². The first-order valence-electron chi connectivity index (χ1n) is 6.83. The molecule has 0 aliphatic rings. The number of hydrogen-bond acceptors (Lipinski definition) is 5. The number of nitrogens with zero attached hydrogens (tertiary/aromatic N) is 1. The monoisotopic (exact) mass is 349 g/mol. The van der Waals surface area contributed by atoms with Gasteiger partial charge in [0.05, 0.1) is 18.2 Å². The molecule has 0 saturated heterocycles. The second-order valence-corrected chi connectivity index (χ2v) is 7.80. The molecule has 1 amide bonds. The Kier molecular flexibility index (Phi) is 5.50. The lowest BCUT2D eigenvalue weighted by molar-refractivity contribution is -0.115. The minimum atomic E-state index is -3.68. The molecule has 0 atom stereocenters. The van der Waals surface area contributed by atoms with E-state index in [1.165, 1.54) is 17.4 Å². The van der Waals surface area contributed by atoms with Gasteiger partial charge in [0.15, 0.2) is 0 Å². The molecule has 1 aromatic carbocycles. The van der Waals surface area contributed by atoms with Gasteiger partial charge < -0.3 is 5.32 Å². The summed E-state index contributed by atoms with van der Waals surface area (Å²) in [7, 11) is -3.68. The van der Waals surface area contributed by atoms with Gasteiger partial charge >= 0.3 is 0 Å². The lowest BCUT2D eigenvalue weighted by atomic mass is 10.2. The molecule has 0 radical (unpaired) electrons. The van der Waals surface area contributed by atoms with Crippen LogP contribution < -0.4 is 10.0 Å². The van der Waals surface area contributed by atoms with Crippen LogP contribution in [-0.2, 0) is 21.2 Å². The molecular formula is C15H15N3O3S2. The summed E-state index contributed by atoms with van der Waals surface area (Å²) in [6.07, 6.45) is 0.763. The summed E-state index contributed by atoms with van der Waals surface area (Å²) in [5.74, 6) is -0.481. The number of nitriles is 1. The summed E-state index contributed by atoms with van der Waals surface area (Å²) in [5.41, 5.74) is 0.978. The fourth-order valence-electron chi connectivity index (χ4n) is 1.76. The predicted molar refractivity (Wildman–Crippen MR) is 88.7 cm³/mol. The van der Waals surface area contributed by atoms with Crippen molar-refractivity contribution < 1.29 is 13.2 Å². The molecular weight excluding hydrogens is 334 g/mol. The quantitative estimate of drug-likeness (QED) is 0.834. The van der Waals surface area contributed by atoms with E-state index in [1.807, 2.05) is 13.0 Å². The summed E-state index contributed by atoms with van der Waals surface area (Å²) >= 11 is 1.19. The van der Waals surface area contributed by atoms with Gasteiger partial charge in [-0.1, -0.05) is 6.92 Å². The lowest BCUT2D eigenvalue weighted by Gasteiger charge is -2.06. The normalized spacial score (nSPS) is 11.0. The summed E-state index contributed by atoms with van der Waals surface area (Å²) in [6, 6.07) is 11.6. The van der Waals surface area contributed by atoms with Crippen molar-refractivity contribution in [3.63, 3.8) is 0 Å². The first kappa shape index (κ1) is 17.1. The van der Waals surface area contributed by atoms with Crippen LogP contribution in [0.1, 0.15) is 17.4 Å². The number of amides is 1. The third-order valence-electron chi connectivity index (χ3n) is 2.97. The Bertz CT molecular complexity index is 834. The number of rotatable bonds is 6. The minimum Gasteiger partial charge on any atom is -0.325 e. The van der Waals surface area contributed by atoms with Crippen LogP contribution in [0.25, 0.3) is 0 Å². The molecule has 1 heterocycles. The fourth-order valence-corrected chi connectivity index (χ4v) is 4.08. The van der Waals surface area contributed by atoms with Gasteiger partial charge in [0.2, 0.25) is 5.91 Å². The van der Waals surface area contributed by atoms with E-state index in [4.69, 9.17) is 5.26 Å². The van der Waals surface area contributed by atoms with Crippen LogP contribution in [0.4, 0.5) is 5.69 Å². The van der Waals surface area contributed by atoms with Gasteiger partial charge in [-0.25, -0.2) is 13.1 Å². The third-order valence-corrected chi connectivity index (χ3v) is 6.09. The lowest BCUT2D eigenvalue weighted by Crippen LogP contribution is -2.32. The number of aryl methyl sites for hydroxylation is 1. The first-order chi connectivity index (χ1) is 10.9. The number of carbonyl (C=O) groups excluding carboxylic acids is 1. The number of thiophene rings is 1. The van der Waals surface area contributed by atoms with E-state index in [-0.39, 0.29) is 10.8 Å². The molecule has 0 saturated carbocycles. The van der Waals surface area contributed by atoms with Gasteiger partial charge in [0, 0.05) is 10.6 Å². The number of nitrogens with one attached hydrogen (secondary N) is 2. The van der Waals surface area contributed by atoms with Crippen LogP contribution >= 0.6 is 11.3 Å². The highest BCUT2D eigenvalue weighted by Gasteiger charge is 2.17. The van der Waals surface area contributed by atoms with Crippen molar-refractivity contribution in [3.05, 3.63) is 46.8 Å². The molecule has 2 rings (SSSR count). The van der Waals surface area contributed by atoms with Crippen LogP contribution in [0.3, 0.4) is 0 Å². The summed E-state index contributed by atoms with van der Waals surface area (Å²) in [6.45, 7) is 1.59. The molecule has 1 aromatic heterocycles. The molecule has 0 fully saturated rings. The van der Waals surface area contributed by atoms with E-state index >= 15 is 0 Å². The fraction of sp³-hybridized carbons (Fsp3) is 0.200. The average Bonchev–Trinajstić information content (AvgIpc) is 3.04. The van der Waals surface area contributed by atoms with Gasteiger partial charge in [0.1, 0.15) is 4.21 Å². The molecule has 2 aromatic rings. The van der Waals surface area contributed by atoms with E-state index in [9.17, 15) is 13.2 Å². The maximum Gasteiger partial charge on any atom is 0.250 e. The second kappa shape index (κ2) is 7.37. The largest absolute Gasteiger partial charge is 0.325 e. The zero-order valence-electron chi connectivity index (χ0n) is 12.4.